The first kappa shape index (κ1) is 20.9. The van der Waals surface area contributed by atoms with Crippen LogP contribution in [0.4, 0.5) is 10.1 Å². The molecule has 3 aromatic rings. The van der Waals surface area contributed by atoms with Crippen molar-refractivity contribution in [2.75, 3.05) is 11.9 Å². The molecule has 0 saturated heterocycles. The molecule has 0 saturated carbocycles. The van der Waals surface area contributed by atoms with Crippen LogP contribution < -0.4 is 5.32 Å². The van der Waals surface area contributed by atoms with Crippen LogP contribution >= 0.6 is 0 Å². The lowest BCUT2D eigenvalue weighted by atomic mass is 10.0. The largest absolute Gasteiger partial charge is 0.456 e. The molecule has 6 heteroatoms. The quantitative estimate of drug-likeness (QED) is 0.438. The Kier molecular flexibility index (Phi) is 7.05. The predicted octanol–water partition coefficient (Wildman–Crippen LogP) is 4.64. The molecule has 3 rings (SSSR count). The number of carbonyl (C=O) groups excluding carboxylic acids is 3. The number of benzene rings is 3. The van der Waals surface area contributed by atoms with E-state index < -0.39 is 24.3 Å². The van der Waals surface area contributed by atoms with Crippen LogP contribution in [0, 0.1) is 5.82 Å². The summed E-state index contributed by atoms with van der Waals surface area (Å²) in [5.74, 6) is -1.87. The third-order valence-electron chi connectivity index (χ3n) is 4.37. The van der Waals surface area contributed by atoms with Crippen molar-refractivity contribution in [3.8, 4) is 11.1 Å². The van der Waals surface area contributed by atoms with Gasteiger partial charge in [-0.1, -0.05) is 48.5 Å². The normalized spacial score (nSPS) is 10.3. The number of amides is 1. The van der Waals surface area contributed by atoms with E-state index in [1.54, 1.807) is 12.1 Å². The average Bonchev–Trinajstić information content (AvgIpc) is 2.77. The van der Waals surface area contributed by atoms with Crippen molar-refractivity contribution in [1.29, 1.82) is 0 Å². The van der Waals surface area contributed by atoms with Crippen molar-refractivity contribution < 1.29 is 23.5 Å². The van der Waals surface area contributed by atoms with Crippen LogP contribution in [0.2, 0.25) is 0 Å². The molecule has 0 aliphatic carbocycles. The molecule has 0 aliphatic rings. The van der Waals surface area contributed by atoms with Crippen LogP contribution in [0.1, 0.15) is 23.2 Å². The first-order valence-corrected chi connectivity index (χ1v) is 9.41. The Morgan fingerprint density at radius 3 is 2.20 bits per heavy atom. The highest BCUT2D eigenvalue weighted by atomic mass is 19.1. The van der Waals surface area contributed by atoms with E-state index in [1.807, 2.05) is 42.5 Å². The van der Waals surface area contributed by atoms with E-state index in [0.29, 0.717) is 11.3 Å². The van der Waals surface area contributed by atoms with Crippen molar-refractivity contribution in [3.05, 3.63) is 90.2 Å². The fourth-order valence-electron chi connectivity index (χ4n) is 2.86. The van der Waals surface area contributed by atoms with Gasteiger partial charge in [-0.3, -0.25) is 14.4 Å². The summed E-state index contributed by atoms with van der Waals surface area (Å²) in [5.41, 5.74) is 2.73. The molecular weight excluding hydrogens is 385 g/mol. The first-order valence-electron chi connectivity index (χ1n) is 9.41. The van der Waals surface area contributed by atoms with E-state index in [9.17, 15) is 18.8 Å². The highest BCUT2D eigenvalue weighted by Crippen LogP contribution is 2.27. The maximum atomic E-state index is 12.9. The maximum absolute atomic E-state index is 12.9. The number of hydrogen-bond donors (Lipinski definition) is 1. The number of esters is 1. The topological polar surface area (TPSA) is 72.5 Å². The molecule has 0 spiro atoms. The van der Waals surface area contributed by atoms with E-state index >= 15 is 0 Å². The second kappa shape index (κ2) is 10.1. The summed E-state index contributed by atoms with van der Waals surface area (Å²) in [5, 5.41) is 2.74. The summed E-state index contributed by atoms with van der Waals surface area (Å²) >= 11 is 0. The van der Waals surface area contributed by atoms with E-state index in [4.69, 9.17) is 4.74 Å². The van der Waals surface area contributed by atoms with Crippen molar-refractivity contribution in [3.63, 3.8) is 0 Å². The summed E-state index contributed by atoms with van der Waals surface area (Å²) in [4.78, 5) is 36.1. The molecule has 0 unspecified atom stereocenters. The van der Waals surface area contributed by atoms with E-state index in [2.05, 4.69) is 5.32 Å². The van der Waals surface area contributed by atoms with Gasteiger partial charge in [-0.15, -0.1) is 0 Å². The zero-order valence-electron chi connectivity index (χ0n) is 16.1. The second-order valence-corrected chi connectivity index (χ2v) is 6.55. The van der Waals surface area contributed by atoms with Gasteiger partial charge in [0.2, 0.25) is 0 Å². The molecular formula is C24H20FNO4. The van der Waals surface area contributed by atoms with Crippen LogP contribution in [0.15, 0.2) is 78.9 Å². The van der Waals surface area contributed by atoms with Crippen molar-refractivity contribution in [2.45, 2.75) is 12.8 Å². The zero-order chi connectivity index (χ0) is 21.3. The maximum Gasteiger partial charge on any atom is 0.306 e. The molecule has 0 heterocycles. The van der Waals surface area contributed by atoms with Gasteiger partial charge >= 0.3 is 5.97 Å². The lowest BCUT2D eigenvalue weighted by Gasteiger charge is -2.11. The average molecular weight is 405 g/mol. The number of carbonyl (C=O) groups is 3. The molecule has 0 aliphatic heterocycles. The minimum atomic E-state index is -0.656. The van der Waals surface area contributed by atoms with Crippen LogP contribution in [0.3, 0.4) is 0 Å². The summed E-state index contributed by atoms with van der Waals surface area (Å²) in [7, 11) is 0. The molecule has 0 bridgehead atoms. The molecule has 0 atom stereocenters. The molecule has 30 heavy (non-hydrogen) atoms. The Labute approximate surface area is 173 Å². The molecule has 0 aromatic heterocycles. The summed E-state index contributed by atoms with van der Waals surface area (Å²) in [6, 6.07) is 22.0. The van der Waals surface area contributed by atoms with Gasteiger partial charge in [-0.05, 0) is 35.9 Å². The molecule has 152 valence electrons. The van der Waals surface area contributed by atoms with E-state index in [-0.39, 0.29) is 18.6 Å². The standard InChI is InChI=1S/C24H20FNO4/c25-19-12-10-18(11-13-19)22(27)14-15-24(29)30-16-23(28)26-21-9-5-4-8-20(21)17-6-2-1-3-7-17/h1-13H,14-16H2,(H,26,28). The Morgan fingerprint density at radius 2 is 1.47 bits per heavy atom. The van der Waals surface area contributed by atoms with E-state index in [1.165, 1.54) is 24.3 Å². The van der Waals surface area contributed by atoms with Gasteiger partial charge in [0.05, 0.1) is 6.42 Å². The Balaban J connectivity index is 1.49. The molecule has 1 N–H and O–H groups in total. The fourth-order valence-corrected chi connectivity index (χ4v) is 2.86. The van der Waals surface area contributed by atoms with Crippen molar-refractivity contribution in [2.24, 2.45) is 0 Å². The monoisotopic (exact) mass is 405 g/mol. The predicted molar refractivity (Wildman–Crippen MR) is 111 cm³/mol. The SMILES string of the molecule is O=C(COC(=O)CCC(=O)c1ccc(F)cc1)Nc1ccccc1-c1ccccc1. The number of anilines is 1. The minimum absolute atomic E-state index is 0.0804. The first-order chi connectivity index (χ1) is 14.5. The summed E-state index contributed by atoms with van der Waals surface area (Å²) in [6.45, 7) is -0.452. The lowest BCUT2D eigenvalue weighted by molar-refractivity contribution is -0.147. The number of halogens is 1. The second-order valence-electron chi connectivity index (χ2n) is 6.55. The van der Waals surface area contributed by atoms with Crippen molar-refractivity contribution in [1.82, 2.24) is 0 Å². The molecule has 5 nitrogen and oxygen atoms in total. The number of para-hydroxylation sites is 1. The minimum Gasteiger partial charge on any atom is -0.456 e. The highest BCUT2D eigenvalue weighted by molar-refractivity contribution is 5.98. The number of Topliss-reactive ketones (excluding diaryl/α,β-unsaturated/α-hetero) is 1. The van der Waals surface area contributed by atoms with Gasteiger partial charge in [-0.2, -0.15) is 0 Å². The Hall–Kier alpha value is -3.80. The smallest absolute Gasteiger partial charge is 0.306 e. The van der Waals surface area contributed by atoms with Gasteiger partial charge in [0, 0.05) is 23.2 Å². The molecule has 3 aromatic carbocycles. The van der Waals surface area contributed by atoms with Crippen molar-refractivity contribution >= 4 is 23.3 Å². The number of rotatable bonds is 8. The zero-order valence-corrected chi connectivity index (χ0v) is 16.1. The molecule has 0 fully saturated rings. The Bertz CT molecular complexity index is 1030. The number of ketones is 1. The third kappa shape index (κ3) is 5.85. The lowest BCUT2D eigenvalue weighted by Crippen LogP contribution is -2.21. The van der Waals surface area contributed by atoms with E-state index in [0.717, 1.165) is 11.1 Å². The van der Waals surface area contributed by atoms with Gasteiger partial charge in [-0.25, -0.2) is 4.39 Å². The third-order valence-corrected chi connectivity index (χ3v) is 4.37. The van der Waals surface area contributed by atoms with Gasteiger partial charge in [0.15, 0.2) is 12.4 Å². The summed E-state index contributed by atoms with van der Waals surface area (Å²) < 4.78 is 17.9. The fraction of sp³-hybridized carbons (Fsp3) is 0.125. The van der Waals surface area contributed by atoms with Gasteiger partial charge in [0.1, 0.15) is 5.82 Å². The molecule has 0 radical (unpaired) electrons. The van der Waals surface area contributed by atoms with Crippen LogP contribution in [-0.2, 0) is 14.3 Å². The molecule has 1 amide bonds. The van der Waals surface area contributed by atoms with Crippen LogP contribution in [0.25, 0.3) is 11.1 Å². The number of hydrogen-bond acceptors (Lipinski definition) is 4. The number of nitrogens with one attached hydrogen (secondary N) is 1. The number of ether oxygens (including phenoxy) is 1. The highest BCUT2D eigenvalue weighted by Gasteiger charge is 2.13. The summed E-state index contributed by atoms with van der Waals surface area (Å²) in [6.07, 6.45) is -0.243. The van der Waals surface area contributed by atoms with Crippen LogP contribution in [0.5, 0.6) is 0 Å². The van der Waals surface area contributed by atoms with Gasteiger partial charge < -0.3 is 10.1 Å². The van der Waals surface area contributed by atoms with Gasteiger partial charge in [0.25, 0.3) is 5.91 Å². The Morgan fingerprint density at radius 1 is 0.800 bits per heavy atom. The van der Waals surface area contributed by atoms with Crippen LogP contribution in [-0.4, -0.2) is 24.3 Å².